The number of aryl methyl sites for hydroxylation is 1. The number of nitriles is 1. The Morgan fingerprint density at radius 2 is 2.00 bits per heavy atom. The van der Waals surface area contributed by atoms with Gasteiger partial charge in [0.15, 0.2) is 0 Å². The molecular weight excluding hydrogens is 276 g/mol. The fourth-order valence-corrected chi connectivity index (χ4v) is 1.95. The van der Waals surface area contributed by atoms with Crippen LogP contribution in [0.2, 0.25) is 0 Å². The highest BCUT2D eigenvalue weighted by Gasteiger charge is 2.13. The molecule has 0 saturated heterocycles. The van der Waals surface area contributed by atoms with Crippen LogP contribution in [-0.4, -0.2) is 16.9 Å². The average molecular weight is 294 g/mol. The molecule has 1 aromatic carbocycles. The van der Waals surface area contributed by atoms with Crippen LogP contribution in [0.3, 0.4) is 0 Å². The van der Waals surface area contributed by atoms with Crippen LogP contribution in [0.1, 0.15) is 23.7 Å². The first-order chi connectivity index (χ1) is 10.6. The van der Waals surface area contributed by atoms with Crippen molar-refractivity contribution in [3.05, 3.63) is 59.3 Å². The van der Waals surface area contributed by atoms with Gasteiger partial charge in [0.2, 0.25) is 5.91 Å². The largest absolute Gasteiger partial charge is 0.359 e. The number of rotatable bonds is 5. The summed E-state index contributed by atoms with van der Waals surface area (Å²) in [7, 11) is 0. The minimum atomic E-state index is -0.439. The van der Waals surface area contributed by atoms with Crippen molar-refractivity contribution in [2.75, 3.05) is 5.32 Å². The van der Waals surface area contributed by atoms with Crippen molar-refractivity contribution in [1.82, 2.24) is 10.3 Å². The molecule has 2 aromatic rings. The average Bonchev–Trinajstić information content (AvgIpc) is 2.55. The lowest BCUT2D eigenvalue weighted by Crippen LogP contribution is -2.37. The lowest BCUT2D eigenvalue weighted by molar-refractivity contribution is -0.121. The molecule has 1 heterocycles. The van der Waals surface area contributed by atoms with Crippen LogP contribution in [0, 0.1) is 18.3 Å². The Labute approximate surface area is 130 Å². The van der Waals surface area contributed by atoms with Gasteiger partial charge >= 0.3 is 0 Å². The second kappa shape index (κ2) is 7.23. The molecule has 0 aliphatic heterocycles. The number of carbonyl (C=O) groups is 1. The maximum Gasteiger partial charge on any atom is 0.242 e. The molecule has 0 aliphatic rings. The molecule has 1 amide bonds. The molecule has 0 bridgehead atoms. The number of carbonyl (C=O) groups excluding carboxylic acids is 1. The molecule has 2 N–H and O–H groups in total. The minimum Gasteiger partial charge on any atom is -0.359 e. The molecule has 0 saturated carbocycles. The second-order valence-electron chi connectivity index (χ2n) is 5.04. The number of hydrogen-bond donors (Lipinski definition) is 2. The van der Waals surface area contributed by atoms with E-state index in [1.807, 2.05) is 49.4 Å². The summed E-state index contributed by atoms with van der Waals surface area (Å²) in [6.45, 7) is 4.07. The first kappa shape index (κ1) is 15.5. The van der Waals surface area contributed by atoms with Crippen molar-refractivity contribution in [2.45, 2.75) is 26.4 Å². The van der Waals surface area contributed by atoms with Crippen molar-refractivity contribution < 1.29 is 4.79 Å². The molecule has 22 heavy (non-hydrogen) atoms. The predicted octanol–water partition coefficient (Wildman–Crippen LogP) is 2.38. The standard InChI is InChI=1S/C17H18N4O/c1-12-8-9-16(21-15(12)10-18)20-13(2)17(22)19-11-14-6-4-3-5-7-14/h3-9,13H,11H2,1-2H3,(H,19,22)(H,20,21). The summed E-state index contributed by atoms with van der Waals surface area (Å²) in [5.74, 6) is 0.397. The highest BCUT2D eigenvalue weighted by atomic mass is 16.2. The monoisotopic (exact) mass is 294 g/mol. The molecule has 1 aromatic heterocycles. The van der Waals surface area contributed by atoms with Crippen LogP contribution in [0.5, 0.6) is 0 Å². The van der Waals surface area contributed by atoms with Crippen molar-refractivity contribution in [3.63, 3.8) is 0 Å². The molecule has 0 fully saturated rings. The number of amides is 1. The van der Waals surface area contributed by atoms with Gasteiger partial charge in [0, 0.05) is 6.54 Å². The normalized spacial score (nSPS) is 11.3. The van der Waals surface area contributed by atoms with Gasteiger partial charge in [0.25, 0.3) is 0 Å². The third-order valence-corrected chi connectivity index (χ3v) is 3.27. The summed E-state index contributed by atoms with van der Waals surface area (Å²) in [6, 6.07) is 14.9. The van der Waals surface area contributed by atoms with Gasteiger partial charge in [0.1, 0.15) is 23.6 Å². The fourth-order valence-electron chi connectivity index (χ4n) is 1.95. The lowest BCUT2D eigenvalue weighted by atomic mass is 10.2. The number of anilines is 1. The van der Waals surface area contributed by atoms with Gasteiger partial charge in [-0.05, 0) is 31.0 Å². The molecule has 5 heteroatoms. The highest BCUT2D eigenvalue weighted by Crippen LogP contribution is 2.10. The van der Waals surface area contributed by atoms with Crippen molar-refractivity contribution in [3.8, 4) is 6.07 Å². The Bertz CT molecular complexity index is 692. The first-order valence-electron chi connectivity index (χ1n) is 7.06. The number of aromatic nitrogens is 1. The number of nitrogens with one attached hydrogen (secondary N) is 2. The SMILES string of the molecule is Cc1ccc(NC(C)C(=O)NCc2ccccc2)nc1C#N. The third-order valence-electron chi connectivity index (χ3n) is 3.27. The molecule has 112 valence electrons. The second-order valence-corrected chi connectivity index (χ2v) is 5.04. The quantitative estimate of drug-likeness (QED) is 0.887. The minimum absolute atomic E-state index is 0.121. The van der Waals surface area contributed by atoms with Gasteiger partial charge < -0.3 is 10.6 Å². The fraction of sp³-hybridized carbons (Fsp3) is 0.235. The molecule has 2 rings (SSSR count). The van der Waals surface area contributed by atoms with Gasteiger partial charge in [-0.15, -0.1) is 0 Å². The van der Waals surface area contributed by atoms with E-state index in [2.05, 4.69) is 15.6 Å². The summed E-state index contributed by atoms with van der Waals surface area (Å²) < 4.78 is 0. The van der Waals surface area contributed by atoms with E-state index in [0.717, 1.165) is 11.1 Å². The van der Waals surface area contributed by atoms with E-state index < -0.39 is 6.04 Å². The Morgan fingerprint density at radius 3 is 2.68 bits per heavy atom. The Hall–Kier alpha value is -2.87. The molecule has 1 unspecified atom stereocenters. The van der Waals surface area contributed by atoms with Crippen LogP contribution in [0.25, 0.3) is 0 Å². The van der Waals surface area contributed by atoms with E-state index in [0.29, 0.717) is 18.1 Å². The zero-order chi connectivity index (χ0) is 15.9. The first-order valence-corrected chi connectivity index (χ1v) is 7.06. The van der Waals surface area contributed by atoms with E-state index in [1.165, 1.54) is 0 Å². The summed E-state index contributed by atoms with van der Waals surface area (Å²) in [6.07, 6.45) is 0. The molecule has 1 atom stereocenters. The molecule has 5 nitrogen and oxygen atoms in total. The van der Waals surface area contributed by atoms with E-state index in [4.69, 9.17) is 5.26 Å². The Morgan fingerprint density at radius 1 is 1.27 bits per heavy atom. The van der Waals surface area contributed by atoms with Crippen LogP contribution in [0.15, 0.2) is 42.5 Å². The Balaban J connectivity index is 1.93. The van der Waals surface area contributed by atoms with Crippen molar-refractivity contribution in [2.24, 2.45) is 0 Å². The maximum atomic E-state index is 12.1. The van der Waals surface area contributed by atoms with Gasteiger partial charge in [-0.2, -0.15) is 5.26 Å². The van der Waals surface area contributed by atoms with Gasteiger partial charge in [-0.3, -0.25) is 4.79 Å². The van der Waals surface area contributed by atoms with E-state index in [-0.39, 0.29) is 5.91 Å². The number of nitrogens with zero attached hydrogens (tertiary/aromatic N) is 2. The molecule has 0 spiro atoms. The van der Waals surface area contributed by atoms with Crippen LogP contribution >= 0.6 is 0 Å². The zero-order valence-corrected chi connectivity index (χ0v) is 12.6. The zero-order valence-electron chi connectivity index (χ0n) is 12.6. The van der Waals surface area contributed by atoms with Crippen LogP contribution in [0.4, 0.5) is 5.82 Å². The number of pyridine rings is 1. The summed E-state index contributed by atoms with van der Waals surface area (Å²) in [5, 5.41) is 14.8. The maximum absolute atomic E-state index is 12.1. The van der Waals surface area contributed by atoms with Crippen molar-refractivity contribution >= 4 is 11.7 Å². The topological polar surface area (TPSA) is 77.8 Å². The predicted molar refractivity (Wildman–Crippen MR) is 85.1 cm³/mol. The molecule has 0 radical (unpaired) electrons. The van der Waals surface area contributed by atoms with Crippen molar-refractivity contribution in [1.29, 1.82) is 5.26 Å². The number of benzene rings is 1. The molecular formula is C17H18N4O. The summed E-state index contributed by atoms with van der Waals surface area (Å²) in [4.78, 5) is 16.3. The van der Waals surface area contributed by atoms with E-state index >= 15 is 0 Å². The van der Waals surface area contributed by atoms with Crippen LogP contribution < -0.4 is 10.6 Å². The highest BCUT2D eigenvalue weighted by molar-refractivity contribution is 5.83. The van der Waals surface area contributed by atoms with Gasteiger partial charge in [0.05, 0.1) is 0 Å². The number of hydrogen-bond acceptors (Lipinski definition) is 4. The van der Waals surface area contributed by atoms with E-state index in [9.17, 15) is 4.79 Å². The lowest BCUT2D eigenvalue weighted by Gasteiger charge is -2.15. The summed E-state index contributed by atoms with van der Waals surface area (Å²) in [5.41, 5.74) is 2.22. The van der Waals surface area contributed by atoms with Crippen LogP contribution in [-0.2, 0) is 11.3 Å². The Kier molecular flexibility index (Phi) is 5.10. The van der Waals surface area contributed by atoms with E-state index in [1.54, 1.807) is 13.0 Å². The van der Waals surface area contributed by atoms with Gasteiger partial charge in [-0.25, -0.2) is 4.98 Å². The smallest absolute Gasteiger partial charge is 0.242 e. The third kappa shape index (κ3) is 4.06. The van der Waals surface area contributed by atoms with Gasteiger partial charge in [-0.1, -0.05) is 36.4 Å². The summed E-state index contributed by atoms with van der Waals surface area (Å²) >= 11 is 0. The molecule has 0 aliphatic carbocycles.